The van der Waals surface area contributed by atoms with Crippen molar-refractivity contribution >= 4 is 24.1 Å². The molecule has 2 amide bonds. The molecule has 0 spiro atoms. The molecule has 0 unspecified atom stereocenters. The Balaban J connectivity index is 3.30. The number of aryl methyl sites for hydroxylation is 1. The maximum absolute atomic E-state index is 12.6. The molecule has 0 aliphatic rings. The Bertz CT molecular complexity index is 654. The van der Waals surface area contributed by atoms with E-state index in [4.69, 9.17) is 14.2 Å². The highest BCUT2D eigenvalue weighted by molar-refractivity contribution is 6.08. The molecule has 0 N–H and O–H groups in total. The fourth-order valence-electron chi connectivity index (χ4n) is 1.82. The lowest BCUT2D eigenvalue weighted by Gasteiger charge is -2.27. The van der Waals surface area contributed by atoms with E-state index >= 15 is 0 Å². The van der Waals surface area contributed by atoms with Crippen LogP contribution in [0.25, 0.3) is 0 Å². The highest BCUT2D eigenvalue weighted by Crippen LogP contribution is 2.21. The third-order valence-electron chi connectivity index (χ3n) is 2.69. The summed E-state index contributed by atoms with van der Waals surface area (Å²) in [5, 5.41) is 0. The molecule has 1 heterocycles. The van der Waals surface area contributed by atoms with Crippen LogP contribution in [0.15, 0.2) is 6.20 Å². The lowest BCUT2D eigenvalue weighted by Crippen LogP contribution is -2.45. The minimum atomic E-state index is -0.962. The number of amides is 2. The molecular weight excluding hydrogens is 342 g/mol. The number of carbonyl (C=O) groups excluding carboxylic acids is 3. The van der Waals surface area contributed by atoms with Crippen LogP contribution in [0.1, 0.15) is 59.0 Å². The van der Waals surface area contributed by atoms with Crippen molar-refractivity contribution < 1.29 is 28.6 Å². The second-order valence-electron chi connectivity index (χ2n) is 7.55. The zero-order chi connectivity index (χ0) is 20.3. The van der Waals surface area contributed by atoms with Crippen LogP contribution >= 0.6 is 0 Å². The van der Waals surface area contributed by atoms with E-state index in [0.29, 0.717) is 4.90 Å². The summed E-state index contributed by atoms with van der Waals surface area (Å²) in [6.45, 7) is 11.8. The average molecular weight is 369 g/mol. The average Bonchev–Trinajstić information content (AvgIpc) is 2.77. The van der Waals surface area contributed by atoms with E-state index in [-0.39, 0.29) is 18.2 Å². The van der Waals surface area contributed by atoms with Gasteiger partial charge < -0.3 is 18.8 Å². The van der Waals surface area contributed by atoms with Gasteiger partial charge >= 0.3 is 18.2 Å². The molecule has 0 radical (unpaired) electrons. The molecule has 9 heteroatoms. The summed E-state index contributed by atoms with van der Waals surface area (Å²) < 4.78 is 16.8. The number of hydrogen-bond acceptors (Lipinski definition) is 7. The van der Waals surface area contributed by atoms with Gasteiger partial charge in [-0.3, -0.25) is 0 Å². The van der Waals surface area contributed by atoms with Crippen LogP contribution in [0.5, 0.6) is 0 Å². The minimum absolute atomic E-state index is 0.0403. The first kappa shape index (κ1) is 21.5. The van der Waals surface area contributed by atoms with Gasteiger partial charge in [-0.15, -0.1) is 4.90 Å². The predicted octanol–water partition coefficient (Wildman–Crippen LogP) is 3.27. The number of imidazole rings is 1. The lowest BCUT2D eigenvalue weighted by molar-refractivity contribution is 0.0421. The van der Waals surface area contributed by atoms with Crippen LogP contribution in [0, 0.1) is 0 Å². The van der Waals surface area contributed by atoms with E-state index in [2.05, 4.69) is 4.98 Å². The van der Waals surface area contributed by atoms with Gasteiger partial charge in [-0.2, -0.15) is 0 Å². The van der Waals surface area contributed by atoms with Crippen LogP contribution in [-0.2, 0) is 21.3 Å². The van der Waals surface area contributed by atoms with Gasteiger partial charge in [0.2, 0.25) is 5.95 Å². The van der Waals surface area contributed by atoms with Crippen molar-refractivity contribution in [3.8, 4) is 0 Å². The molecular formula is C17H27N3O6. The molecule has 1 aromatic heterocycles. The molecule has 0 saturated heterocycles. The van der Waals surface area contributed by atoms with E-state index in [1.54, 1.807) is 48.5 Å². The number of carbonyl (C=O) groups is 3. The van der Waals surface area contributed by atoms with Crippen molar-refractivity contribution in [3.63, 3.8) is 0 Å². The Kier molecular flexibility index (Phi) is 6.40. The molecule has 0 aliphatic heterocycles. The SMILES string of the molecule is CCOC(=O)c1cn(C)c(N(C(=O)OC(C)(C)C)C(=O)OC(C)(C)C)n1. The Morgan fingerprint density at radius 2 is 1.50 bits per heavy atom. The van der Waals surface area contributed by atoms with Crippen molar-refractivity contribution in [3.05, 3.63) is 11.9 Å². The van der Waals surface area contributed by atoms with Crippen LogP contribution in [0.3, 0.4) is 0 Å². The summed E-state index contributed by atoms with van der Waals surface area (Å²) in [6, 6.07) is 0. The van der Waals surface area contributed by atoms with E-state index in [0.717, 1.165) is 0 Å². The summed E-state index contributed by atoms with van der Waals surface area (Å²) in [5.41, 5.74) is -1.72. The molecule has 1 aromatic rings. The first-order valence-electron chi connectivity index (χ1n) is 8.21. The zero-order valence-electron chi connectivity index (χ0n) is 16.6. The number of esters is 1. The predicted molar refractivity (Wildman–Crippen MR) is 94.1 cm³/mol. The van der Waals surface area contributed by atoms with E-state index in [9.17, 15) is 14.4 Å². The smallest absolute Gasteiger partial charge is 0.427 e. The molecule has 26 heavy (non-hydrogen) atoms. The summed E-state index contributed by atoms with van der Waals surface area (Å²) in [6.07, 6.45) is -0.568. The van der Waals surface area contributed by atoms with Gasteiger partial charge in [0.25, 0.3) is 0 Å². The Hall–Kier alpha value is -2.58. The van der Waals surface area contributed by atoms with Gasteiger partial charge in [0, 0.05) is 13.2 Å². The largest absolute Gasteiger partial charge is 0.461 e. The van der Waals surface area contributed by atoms with Crippen molar-refractivity contribution in [2.45, 2.75) is 59.7 Å². The number of ether oxygens (including phenoxy) is 3. The summed E-state index contributed by atoms with van der Waals surface area (Å²) in [5.74, 6) is -0.778. The normalized spacial score (nSPS) is 11.7. The summed E-state index contributed by atoms with van der Waals surface area (Å²) in [4.78, 5) is 41.7. The van der Waals surface area contributed by atoms with Crippen molar-refractivity contribution in [2.75, 3.05) is 11.5 Å². The highest BCUT2D eigenvalue weighted by Gasteiger charge is 2.36. The zero-order valence-corrected chi connectivity index (χ0v) is 16.6. The number of aromatic nitrogens is 2. The van der Waals surface area contributed by atoms with Crippen molar-refractivity contribution in [1.29, 1.82) is 0 Å². The third-order valence-corrected chi connectivity index (χ3v) is 2.69. The second-order valence-corrected chi connectivity index (χ2v) is 7.55. The topological polar surface area (TPSA) is 100.0 Å². The number of hydrogen-bond donors (Lipinski definition) is 0. The van der Waals surface area contributed by atoms with Gasteiger partial charge in [0.1, 0.15) is 11.2 Å². The van der Waals surface area contributed by atoms with E-state index in [1.165, 1.54) is 17.8 Å². The fourth-order valence-corrected chi connectivity index (χ4v) is 1.82. The van der Waals surface area contributed by atoms with Crippen LogP contribution in [0.4, 0.5) is 15.5 Å². The summed E-state index contributed by atoms with van der Waals surface area (Å²) >= 11 is 0. The minimum Gasteiger partial charge on any atom is -0.461 e. The standard InChI is InChI=1S/C17H27N3O6/c1-9-24-12(21)11-10-19(8)13(18-11)20(14(22)25-16(2,3)4)15(23)26-17(5,6)7/h10H,9H2,1-8H3. The molecule has 0 aromatic carbocycles. The monoisotopic (exact) mass is 369 g/mol. The van der Waals surface area contributed by atoms with Gasteiger partial charge in [-0.25, -0.2) is 19.4 Å². The maximum atomic E-state index is 12.6. The third kappa shape index (κ3) is 6.05. The number of anilines is 1. The highest BCUT2D eigenvalue weighted by atomic mass is 16.6. The van der Waals surface area contributed by atoms with Crippen LogP contribution in [0.2, 0.25) is 0 Å². The first-order valence-corrected chi connectivity index (χ1v) is 8.21. The Morgan fingerprint density at radius 1 is 1.04 bits per heavy atom. The van der Waals surface area contributed by atoms with Crippen LogP contribution < -0.4 is 4.90 Å². The van der Waals surface area contributed by atoms with Gasteiger partial charge in [0.05, 0.1) is 6.61 Å². The van der Waals surface area contributed by atoms with E-state index in [1.807, 2.05) is 0 Å². The van der Waals surface area contributed by atoms with Crippen molar-refractivity contribution in [2.24, 2.45) is 7.05 Å². The quantitative estimate of drug-likeness (QED) is 0.595. The molecule has 9 nitrogen and oxygen atoms in total. The molecule has 146 valence electrons. The Morgan fingerprint density at radius 3 is 1.88 bits per heavy atom. The van der Waals surface area contributed by atoms with Gasteiger partial charge in [-0.05, 0) is 48.5 Å². The summed E-state index contributed by atoms with van der Waals surface area (Å²) in [7, 11) is 1.53. The van der Waals surface area contributed by atoms with Gasteiger partial charge in [-0.1, -0.05) is 0 Å². The van der Waals surface area contributed by atoms with Crippen LogP contribution in [-0.4, -0.2) is 45.5 Å². The maximum Gasteiger partial charge on any atom is 0.427 e. The number of imide groups is 1. The molecule has 0 atom stereocenters. The molecule has 0 bridgehead atoms. The molecule has 0 aliphatic carbocycles. The number of rotatable bonds is 3. The second kappa shape index (κ2) is 7.76. The first-order chi connectivity index (χ1) is 11.7. The molecule has 0 saturated carbocycles. The van der Waals surface area contributed by atoms with Gasteiger partial charge in [0.15, 0.2) is 5.69 Å². The Labute approximate surface area is 153 Å². The molecule has 0 fully saturated rings. The molecule has 1 rings (SSSR count). The van der Waals surface area contributed by atoms with E-state index < -0.39 is 29.4 Å². The van der Waals surface area contributed by atoms with Crippen molar-refractivity contribution in [1.82, 2.24) is 9.55 Å². The number of nitrogens with zero attached hydrogens (tertiary/aromatic N) is 3. The fraction of sp³-hybridized carbons (Fsp3) is 0.647. The lowest BCUT2D eigenvalue weighted by atomic mass is 10.2.